The Bertz CT molecular complexity index is 357. The van der Waals surface area contributed by atoms with Crippen molar-refractivity contribution in [3.05, 3.63) is 5.82 Å². The van der Waals surface area contributed by atoms with Crippen LogP contribution >= 0.6 is 11.5 Å². The number of rotatable bonds is 1. The Hall–Kier alpha value is -0.640. The van der Waals surface area contributed by atoms with Gasteiger partial charge in [-0.25, -0.2) is 4.98 Å². The van der Waals surface area contributed by atoms with Crippen LogP contribution in [0.15, 0.2) is 0 Å². The minimum atomic E-state index is 0.593. The summed E-state index contributed by atoms with van der Waals surface area (Å²) in [6.07, 6.45) is 0. The Balaban J connectivity index is 1.75. The van der Waals surface area contributed by atoms with E-state index < -0.39 is 0 Å². The number of aryl methyl sites for hydroxylation is 1. The van der Waals surface area contributed by atoms with Crippen LogP contribution in [-0.2, 0) is 0 Å². The van der Waals surface area contributed by atoms with E-state index in [1.807, 2.05) is 6.92 Å². The zero-order valence-electron chi connectivity index (χ0n) is 8.82. The summed E-state index contributed by atoms with van der Waals surface area (Å²) in [6, 6.07) is 0. The van der Waals surface area contributed by atoms with E-state index in [0.29, 0.717) is 5.41 Å². The number of hydrogen-bond donors (Lipinski definition) is 0. The van der Waals surface area contributed by atoms with E-state index in [9.17, 15) is 0 Å². The largest absolute Gasteiger partial charge is 0.346 e. The summed E-state index contributed by atoms with van der Waals surface area (Å²) in [7, 11) is 0. The molecule has 0 radical (unpaired) electrons. The molecule has 2 atom stereocenters. The molecule has 0 amide bonds. The molecule has 0 aromatic carbocycles. The molecular weight excluding hydrogens is 194 g/mol. The van der Waals surface area contributed by atoms with E-state index in [0.717, 1.165) is 22.8 Å². The van der Waals surface area contributed by atoms with Gasteiger partial charge in [0.2, 0.25) is 5.13 Å². The third-order valence-electron chi connectivity index (χ3n) is 3.91. The van der Waals surface area contributed by atoms with Gasteiger partial charge in [0.05, 0.1) is 0 Å². The zero-order valence-corrected chi connectivity index (χ0v) is 9.64. The second kappa shape index (κ2) is 2.48. The van der Waals surface area contributed by atoms with Crippen LogP contribution in [0, 0.1) is 24.2 Å². The second-order valence-electron chi connectivity index (χ2n) is 5.06. The minimum absolute atomic E-state index is 0.593. The SMILES string of the molecule is Cc1nsc(N2CC3C(C2)C3(C)C)n1. The second-order valence-corrected chi connectivity index (χ2v) is 5.79. The quantitative estimate of drug-likeness (QED) is 0.708. The van der Waals surface area contributed by atoms with E-state index in [1.54, 1.807) is 0 Å². The molecule has 2 heterocycles. The summed E-state index contributed by atoms with van der Waals surface area (Å²) in [4.78, 5) is 6.82. The molecule has 2 unspecified atom stereocenters. The van der Waals surface area contributed by atoms with Gasteiger partial charge in [0.15, 0.2) is 0 Å². The number of piperidine rings is 1. The van der Waals surface area contributed by atoms with Gasteiger partial charge < -0.3 is 4.90 Å². The van der Waals surface area contributed by atoms with E-state index in [2.05, 4.69) is 28.1 Å². The van der Waals surface area contributed by atoms with Crippen molar-refractivity contribution < 1.29 is 0 Å². The fourth-order valence-corrected chi connectivity index (χ4v) is 3.39. The molecule has 1 aromatic heterocycles. The number of hydrogen-bond acceptors (Lipinski definition) is 4. The molecule has 4 heteroatoms. The Morgan fingerprint density at radius 2 is 2.00 bits per heavy atom. The molecule has 1 aromatic rings. The third-order valence-corrected chi connectivity index (χ3v) is 4.78. The highest BCUT2D eigenvalue weighted by molar-refractivity contribution is 7.09. The Labute approximate surface area is 88.3 Å². The molecule has 1 aliphatic carbocycles. The lowest BCUT2D eigenvalue weighted by Gasteiger charge is -2.20. The number of aromatic nitrogens is 2. The molecule has 1 saturated heterocycles. The van der Waals surface area contributed by atoms with E-state index >= 15 is 0 Å². The molecule has 1 saturated carbocycles. The van der Waals surface area contributed by atoms with Gasteiger partial charge in [-0.1, -0.05) is 13.8 Å². The molecule has 2 aliphatic rings. The molecule has 3 nitrogen and oxygen atoms in total. The Morgan fingerprint density at radius 3 is 2.50 bits per heavy atom. The van der Waals surface area contributed by atoms with Gasteiger partial charge in [-0.2, -0.15) is 4.37 Å². The molecule has 0 bridgehead atoms. The molecule has 0 N–H and O–H groups in total. The maximum absolute atomic E-state index is 4.43. The molecule has 3 rings (SSSR count). The van der Waals surface area contributed by atoms with Crippen LogP contribution in [0.5, 0.6) is 0 Å². The van der Waals surface area contributed by atoms with E-state index in [-0.39, 0.29) is 0 Å². The Morgan fingerprint density at radius 1 is 1.36 bits per heavy atom. The van der Waals surface area contributed by atoms with Crippen LogP contribution in [0.3, 0.4) is 0 Å². The van der Waals surface area contributed by atoms with Gasteiger partial charge in [0, 0.05) is 24.6 Å². The highest BCUT2D eigenvalue weighted by atomic mass is 32.1. The van der Waals surface area contributed by atoms with Gasteiger partial charge >= 0.3 is 0 Å². The van der Waals surface area contributed by atoms with E-state index in [1.165, 1.54) is 24.6 Å². The van der Waals surface area contributed by atoms with E-state index in [4.69, 9.17) is 0 Å². The first-order valence-corrected chi connectivity index (χ1v) is 5.91. The lowest BCUT2D eigenvalue weighted by atomic mass is 10.1. The molecule has 14 heavy (non-hydrogen) atoms. The standard InChI is InChI=1S/C10H15N3S/c1-6-11-9(14-12-6)13-4-7-8(5-13)10(7,2)3/h7-8H,4-5H2,1-3H3. The average Bonchev–Trinajstić information content (AvgIpc) is 2.62. The first-order valence-electron chi connectivity index (χ1n) is 5.14. The van der Waals surface area contributed by atoms with Gasteiger partial charge in [-0.05, 0) is 24.2 Å². The van der Waals surface area contributed by atoms with Crippen molar-refractivity contribution in [3.63, 3.8) is 0 Å². The van der Waals surface area contributed by atoms with Gasteiger partial charge in [-0.3, -0.25) is 0 Å². The van der Waals surface area contributed by atoms with Gasteiger partial charge in [-0.15, -0.1) is 0 Å². The maximum atomic E-state index is 4.43. The predicted molar refractivity (Wildman–Crippen MR) is 57.6 cm³/mol. The number of fused-ring (bicyclic) bond motifs is 1. The molecule has 0 spiro atoms. The van der Waals surface area contributed by atoms with Crippen molar-refractivity contribution in [2.45, 2.75) is 20.8 Å². The topological polar surface area (TPSA) is 29.0 Å². The van der Waals surface area contributed by atoms with Gasteiger partial charge in [0.1, 0.15) is 5.82 Å². The minimum Gasteiger partial charge on any atom is -0.346 e. The molecule has 1 aliphatic heterocycles. The normalized spacial score (nSPS) is 33.2. The molecular formula is C10H15N3S. The van der Waals surface area contributed by atoms with Crippen molar-refractivity contribution in [1.82, 2.24) is 9.36 Å². The zero-order chi connectivity index (χ0) is 9.92. The van der Waals surface area contributed by atoms with Crippen LogP contribution in [-0.4, -0.2) is 22.4 Å². The fourth-order valence-electron chi connectivity index (χ4n) is 2.70. The predicted octanol–water partition coefficient (Wildman–Crippen LogP) is 1.94. The van der Waals surface area contributed by atoms with Crippen molar-refractivity contribution >= 4 is 16.7 Å². The first-order chi connectivity index (χ1) is 6.59. The smallest absolute Gasteiger partial charge is 0.205 e. The number of anilines is 1. The summed E-state index contributed by atoms with van der Waals surface area (Å²) in [6.45, 7) is 9.09. The first kappa shape index (κ1) is 8.65. The lowest BCUT2D eigenvalue weighted by Crippen LogP contribution is -2.25. The van der Waals surface area contributed by atoms with Crippen molar-refractivity contribution in [1.29, 1.82) is 0 Å². The van der Waals surface area contributed by atoms with Crippen molar-refractivity contribution in [2.24, 2.45) is 17.3 Å². The lowest BCUT2D eigenvalue weighted by molar-refractivity contribution is 0.499. The van der Waals surface area contributed by atoms with Crippen molar-refractivity contribution in [3.8, 4) is 0 Å². The van der Waals surface area contributed by atoms with Gasteiger partial charge in [0.25, 0.3) is 0 Å². The summed E-state index contributed by atoms with van der Waals surface area (Å²) in [5, 5.41) is 1.12. The summed E-state index contributed by atoms with van der Waals surface area (Å²) in [5.41, 5.74) is 0.593. The maximum Gasteiger partial charge on any atom is 0.205 e. The van der Waals surface area contributed by atoms with Crippen LogP contribution in [0.4, 0.5) is 5.13 Å². The molecule has 76 valence electrons. The number of nitrogens with zero attached hydrogens (tertiary/aromatic N) is 3. The van der Waals surface area contributed by atoms with Crippen molar-refractivity contribution in [2.75, 3.05) is 18.0 Å². The highest BCUT2D eigenvalue weighted by Gasteiger charge is 2.62. The third kappa shape index (κ3) is 1.03. The highest BCUT2D eigenvalue weighted by Crippen LogP contribution is 2.62. The average molecular weight is 209 g/mol. The monoisotopic (exact) mass is 209 g/mol. The Kier molecular flexibility index (Phi) is 1.53. The van der Waals surface area contributed by atoms with Crippen LogP contribution in [0.1, 0.15) is 19.7 Å². The summed E-state index contributed by atoms with van der Waals surface area (Å²) >= 11 is 1.53. The fraction of sp³-hybridized carbons (Fsp3) is 0.800. The van der Waals surface area contributed by atoms with Crippen LogP contribution < -0.4 is 4.90 Å². The molecule has 2 fully saturated rings. The van der Waals surface area contributed by atoms with Crippen LogP contribution in [0.25, 0.3) is 0 Å². The van der Waals surface area contributed by atoms with Crippen LogP contribution in [0.2, 0.25) is 0 Å². The summed E-state index contributed by atoms with van der Waals surface area (Å²) < 4.78 is 4.23. The summed E-state index contributed by atoms with van der Waals surface area (Å²) in [5.74, 6) is 2.70.